The number of amides is 1. The van der Waals surface area contributed by atoms with E-state index in [1.54, 1.807) is 6.92 Å². The average Bonchev–Trinajstić information content (AvgIpc) is 2.30. The van der Waals surface area contributed by atoms with Crippen molar-refractivity contribution in [2.75, 3.05) is 0 Å². The summed E-state index contributed by atoms with van der Waals surface area (Å²) in [6, 6.07) is -0.0811. The first-order valence-corrected chi connectivity index (χ1v) is 4.99. The van der Waals surface area contributed by atoms with Crippen LogP contribution in [0.4, 0.5) is 0 Å². The normalized spacial score (nSPS) is 28.5. The molecule has 2 atom stereocenters. The van der Waals surface area contributed by atoms with Crippen LogP contribution in [-0.4, -0.2) is 18.0 Å². The minimum absolute atomic E-state index is 0.0278. The highest BCUT2D eigenvalue weighted by Gasteiger charge is 2.35. The minimum Gasteiger partial charge on any atom is -0.351 e. The molecule has 3 N–H and O–H groups in total. The van der Waals surface area contributed by atoms with E-state index in [0.29, 0.717) is 6.04 Å². The molecule has 0 saturated heterocycles. The zero-order valence-corrected chi connectivity index (χ0v) is 8.76. The van der Waals surface area contributed by atoms with E-state index in [9.17, 15) is 4.79 Å². The summed E-state index contributed by atoms with van der Waals surface area (Å²) in [4.78, 5) is 11.4. The molecular formula is C10H20N2O. The summed E-state index contributed by atoms with van der Waals surface area (Å²) in [7, 11) is 0. The van der Waals surface area contributed by atoms with Crippen LogP contribution < -0.4 is 11.1 Å². The first-order chi connectivity index (χ1) is 5.93. The second kappa shape index (κ2) is 3.66. The number of hydrogen-bond donors (Lipinski definition) is 2. The highest BCUT2D eigenvalue weighted by atomic mass is 16.2. The van der Waals surface area contributed by atoms with Gasteiger partial charge in [0.25, 0.3) is 0 Å². The first-order valence-electron chi connectivity index (χ1n) is 4.99. The van der Waals surface area contributed by atoms with Gasteiger partial charge in [-0.25, -0.2) is 0 Å². The summed E-state index contributed by atoms with van der Waals surface area (Å²) in [5.41, 5.74) is 5.73. The molecule has 0 aromatic rings. The van der Waals surface area contributed by atoms with Gasteiger partial charge in [-0.2, -0.15) is 0 Å². The molecule has 0 aromatic carbocycles. The molecule has 0 heterocycles. The molecule has 1 amide bonds. The van der Waals surface area contributed by atoms with Crippen molar-refractivity contribution in [2.24, 2.45) is 11.1 Å². The standard InChI is InChI=1S/C10H20N2O/c1-7(11)9(13)12-8-5-4-6-10(8,2)3/h7-8H,4-6,11H2,1-3H3,(H,12,13)/t7-,8?/m1/s1. The smallest absolute Gasteiger partial charge is 0.236 e. The Morgan fingerprint density at radius 2 is 2.23 bits per heavy atom. The molecule has 13 heavy (non-hydrogen) atoms. The number of rotatable bonds is 2. The van der Waals surface area contributed by atoms with Crippen LogP contribution in [0.2, 0.25) is 0 Å². The van der Waals surface area contributed by atoms with Crippen LogP contribution in [0.5, 0.6) is 0 Å². The maximum atomic E-state index is 11.4. The minimum atomic E-state index is -0.392. The second-order valence-corrected chi connectivity index (χ2v) is 4.73. The monoisotopic (exact) mass is 184 g/mol. The molecule has 3 nitrogen and oxygen atoms in total. The Hall–Kier alpha value is -0.570. The van der Waals surface area contributed by atoms with Crippen molar-refractivity contribution in [1.29, 1.82) is 0 Å². The van der Waals surface area contributed by atoms with E-state index < -0.39 is 6.04 Å². The zero-order chi connectivity index (χ0) is 10.1. The molecule has 3 heteroatoms. The zero-order valence-electron chi connectivity index (χ0n) is 8.76. The third-order valence-electron chi connectivity index (χ3n) is 2.99. The van der Waals surface area contributed by atoms with Gasteiger partial charge in [-0.15, -0.1) is 0 Å². The Morgan fingerprint density at radius 1 is 1.62 bits per heavy atom. The summed E-state index contributed by atoms with van der Waals surface area (Å²) in [5, 5.41) is 3.00. The lowest BCUT2D eigenvalue weighted by Gasteiger charge is -2.28. The number of carbonyl (C=O) groups is 1. The van der Waals surface area contributed by atoms with Crippen LogP contribution in [0.3, 0.4) is 0 Å². The summed E-state index contributed by atoms with van der Waals surface area (Å²) in [6.45, 7) is 6.12. The molecule has 76 valence electrons. The maximum Gasteiger partial charge on any atom is 0.236 e. The maximum absolute atomic E-state index is 11.4. The van der Waals surface area contributed by atoms with Gasteiger partial charge in [-0.05, 0) is 25.2 Å². The van der Waals surface area contributed by atoms with Gasteiger partial charge in [0.05, 0.1) is 6.04 Å². The first kappa shape index (κ1) is 10.5. The van der Waals surface area contributed by atoms with E-state index in [2.05, 4.69) is 19.2 Å². The van der Waals surface area contributed by atoms with E-state index in [0.717, 1.165) is 6.42 Å². The van der Waals surface area contributed by atoms with Gasteiger partial charge < -0.3 is 11.1 Å². The summed E-state index contributed by atoms with van der Waals surface area (Å²) in [5.74, 6) is -0.0278. The van der Waals surface area contributed by atoms with Gasteiger partial charge in [0, 0.05) is 6.04 Å². The van der Waals surface area contributed by atoms with E-state index in [4.69, 9.17) is 5.73 Å². The lowest BCUT2D eigenvalue weighted by molar-refractivity contribution is -0.123. The lowest BCUT2D eigenvalue weighted by atomic mass is 9.87. The predicted octanol–water partition coefficient (Wildman–Crippen LogP) is 1.03. The average molecular weight is 184 g/mol. The fraction of sp³-hybridized carbons (Fsp3) is 0.900. The Morgan fingerprint density at radius 3 is 2.62 bits per heavy atom. The number of nitrogens with two attached hydrogens (primary N) is 1. The van der Waals surface area contributed by atoms with Crippen molar-refractivity contribution < 1.29 is 4.79 Å². The van der Waals surface area contributed by atoms with Crippen molar-refractivity contribution >= 4 is 5.91 Å². The molecule has 1 saturated carbocycles. The van der Waals surface area contributed by atoms with Crippen LogP contribution in [0.1, 0.15) is 40.0 Å². The van der Waals surface area contributed by atoms with Gasteiger partial charge in [0.2, 0.25) is 5.91 Å². The topological polar surface area (TPSA) is 55.1 Å². The van der Waals surface area contributed by atoms with Gasteiger partial charge in [-0.3, -0.25) is 4.79 Å². The molecule has 1 unspecified atom stereocenters. The van der Waals surface area contributed by atoms with E-state index in [-0.39, 0.29) is 11.3 Å². The molecule has 0 bridgehead atoms. The van der Waals surface area contributed by atoms with Crippen LogP contribution in [0, 0.1) is 5.41 Å². The van der Waals surface area contributed by atoms with Gasteiger partial charge in [0.15, 0.2) is 0 Å². The van der Waals surface area contributed by atoms with Crippen molar-refractivity contribution in [1.82, 2.24) is 5.32 Å². The molecule has 1 rings (SSSR count). The van der Waals surface area contributed by atoms with E-state index >= 15 is 0 Å². The summed E-state index contributed by atoms with van der Waals surface area (Å²) in [6.07, 6.45) is 3.49. The number of nitrogens with one attached hydrogen (secondary N) is 1. The van der Waals surface area contributed by atoms with Gasteiger partial charge >= 0.3 is 0 Å². The fourth-order valence-electron chi connectivity index (χ4n) is 1.90. The Kier molecular flexibility index (Phi) is 2.96. The van der Waals surface area contributed by atoms with Crippen molar-refractivity contribution in [2.45, 2.75) is 52.1 Å². The summed E-state index contributed by atoms with van der Waals surface area (Å²) < 4.78 is 0. The quantitative estimate of drug-likeness (QED) is 0.673. The Bertz CT molecular complexity index is 199. The van der Waals surface area contributed by atoms with E-state index in [1.807, 2.05) is 0 Å². The molecule has 1 aliphatic rings. The molecule has 0 aromatic heterocycles. The molecule has 1 aliphatic carbocycles. The second-order valence-electron chi connectivity index (χ2n) is 4.73. The lowest BCUT2D eigenvalue weighted by Crippen LogP contribution is -2.47. The molecule has 0 aliphatic heterocycles. The van der Waals surface area contributed by atoms with E-state index in [1.165, 1.54) is 12.8 Å². The highest BCUT2D eigenvalue weighted by molar-refractivity contribution is 5.81. The van der Waals surface area contributed by atoms with Crippen molar-refractivity contribution in [3.8, 4) is 0 Å². The van der Waals surface area contributed by atoms with Crippen molar-refractivity contribution in [3.63, 3.8) is 0 Å². The molecule has 1 fully saturated rings. The predicted molar refractivity (Wildman–Crippen MR) is 53.2 cm³/mol. The summed E-state index contributed by atoms with van der Waals surface area (Å²) >= 11 is 0. The third-order valence-corrected chi connectivity index (χ3v) is 2.99. The molecule has 0 radical (unpaired) electrons. The number of carbonyl (C=O) groups excluding carboxylic acids is 1. The van der Waals surface area contributed by atoms with Gasteiger partial charge in [-0.1, -0.05) is 20.3 Å². The van der Waals surface area contributed by atoms with Gasteiger partial charge in [0.1, 0.15) is 0 Å². The van der Waals surface area contributed by atoms with Crippen LogP contribution in [0.25, 0.3) is 0 Å². The van der Waals surface area contributed by atoms with Crippen LogP contribution in [-0.2, 0) is 4.79 Å². The highest BCUT2D eigenvalue weighted by Crippen LogP contribution is 2.37. The Balaban J connectivity index is 2.50. The van der Waals surface area contributed by atoms with Crippen molar-refractivity contribution in [3.05, 3.63) is 0 Å². The largest absolute Gasteiger partial charge is 0.351 e. The van der Waals surface area contributed by atoms with Crippen LogP contribution >= 0.6 is 0 Å². The SMILES string of the molecule is C[C@@H](N)C(=O)NC1CCCC1(C)C. The van der Waals surface area contributed by atoms with Crippen LogP contribution in [0.15, 0.2) is 0 Å². The molecular weight excluding hydrogens is 164 g/mol. The number of hydrogen-bond acceptors (Lipinski definition) is 2. The fourth-order valence-corrected chi connectivity index (χ4v) is 1.90. The Labute approximate surface area is 80.1 Å². The third kappa shape index (κ3) is 2.44. The molecule has 0 spiro atoms.